The molecule has 0 amide bonds. The average Bonchev–Trinajstić information content (AvgIpc) is 1.59. The van der Waals surface area contributed by atoms with E-state index >= 15 is 0 Å². The third-order valence-corrected chi connectivity index (χ3v) is 19.9. The second-order valence-electron chi connectivity index (χ2n) is 25.8. The van der Waals surface area contributed by atoms with Gasteiger partial charge in [-0.2, -0.15) is 47.4 Å². The zero-order chi connectivity index (χ0) is 70.1. The molecule has 0 bridgehead atoms. The van der Waals surface area contributed by atoms with Gasteiger partial charge in [0.05, 0.1) is 101 Å². The van der Waals surface area contributed by atoms with Gasteiger partial charge in [0.1, 0.15) is 23.3 Å². The Morgan fingerprint density at radius 1 is 0.280 bits per heavy atom. The second-order valence-corrected chi connectivity index (χ2v) is 25.8. The van der Waals surface area contributed by atoms with Crippen LogP contribution in [-0.4, -0.2) is 18.3 Å². The first kappa shape index (κ1) is 63.4. The lowest BCUT2D eigenvalue weighted by Crippen LogP contribution is -2.09. The van der Waals surface area contributed by atoms with E-state index in [1.807, 2.05) is 182 Å². The van der Waals surface area contributed by atoms with Gasteiger partial charge in [0, 0.05) is 43.1 Å². The van der Waals surface area contributed by atoms with Crippen molar-refractivity contribution in [2.45, 2.75) is 67.7 Å². The van der Waals surface area contributed by atoms with E-state index in [1.165, 1.54) is 18.2 Å². The van der Waals surface area contributed by atoms with Crippen molar-refractivity contribution in [2.24, 2.45) is 0 Å². The summed E-state index contributed by atoms with van der Waals surface area (Å²) < 4.78 is 94.0. The van der Waals surface area contributed by atoms with Crippen molar-refractivity contribution in [1.82, 2.24) is 18.3 Å². The highest BCUT2D eigenvalue weighted by molar-refractivity contribution is 6.16. The number of rotatable bonds is 6. The Bertz CT molecular complexity index is 5880. The highest BCUT2D eigenvalue weighted by atomic mass is 19.4. The molecular weight excluding hydrogens is 1260 g/mol. The number of aromatic nitrogens is 4. The van der Waals surface area contributed by atoms with Crippen LogP contribution in [0.5, 0.6) is 0 Å². The summed E-state index contributed by atoms with van der Waals surface area (Å²) in [5, 5.41) is 50.3. The van der Waals surface area contributed by atoms with Gasteiger partial charge in [0.2, 0.25) is 0 Å². The van der Waals surface area contributed by atoms with Gasteiger partial charge in [0.25, 0.3) is 0 Å². The molecule has 100 heavy (non-hydrogen) atoms. The van der Waals surface area contributed by atoms with Gasteiger partial charge in [-0.25, -0.2) is 0 Å². The van der Waals surface area contributed by atoms with Gasteiger partial charge in [-0.05, 0) is 219 Å². The van der Waals surface area contributed by atoms with Crippen molar-refractivity contribution >= 4 is 87.2 Å². The molecule has 0 aliphatic carbocycles. The number of hydrogen-bond acceptors (Lipinski definition) is 4. The van der Waals surface area contributed by atoms with E-state index in [4.69, 9.17) is 0 Å². The van der Waals surface area contributed by atoms with Gasteiger partial charge in [-0.3, -0.25) is 0 Å². The van der Waals surface area contributed by atoms with E-state index in [0.29, 0.717) is 45.0 Å². The number of benzene rings is 12. The maximum absolute atomic E-state index is 14.8. The molecule has 0 fully saturated rings. The first-order chi connectivity index (χ1) is 48.1. The fourth-order valence-corrected chi connectivity index (χ4v) is 15.5. The molecule has 16 rings (SSSR count). The molecule has 4 aromatic heterocycles. The minimum Gasteiger partial charge on any atom is -0.308 e. The number of alkyl halides is 6. The molecule has 0 N–H and O–H groups in total. The average molecular weight is 1320 g/mol. The molecule has 0 aliphatic heterocycles. The number of hydrogen-bond donors (Lipinski definition) is 0. The summed E-state index contributed by atoms with van der Waals surface area (Å²) in [6.45, 7) is 16.4. The third kappa shape index (κ3) is 9.77. The molecule has 0 spiro atoms. The van der Waals surface area contributed by atoms with E-state index in [9.17, 15) is 47.4 Å². The predicted molar refractivity (Wildman–Crippen MR) is 388 cm³/mol. The number of nitrogens with zero attached hydrogens (tertiary/aromatic N) is 8. The predicted octanol–water partition coefficient (Wildman–Crippen LogP) is 23.1. The highest BCUT2D eigenvalue weighted by Gasteiger charge is 2.36. The van der Waals surface area contributed by atoms with E-state index in [-0.39, 0.29) is 22.3 Å². The Morgan fingerprint density at radius 2 is 0.550 bits per heavy atom. The molecular formula is C86H58F6N8. The highest BCUT2D eigenvalue weighted by Crippen LogP contribution is 2.48. The van der Waals surface area contributed by atoms with Crippen LogP contribution in [-0.2, 0) is 12.4 Å². The minimum atomic E-state index is -4.74. The largest absolute Gasteiger partial charge is 0.417 e. The van der Waals surface area contributed by atoms with Crippen LogP contribution in [0.2, 0.25) is 0 Å². The summed E-state index contributed by atoms with van der Waals surface area (Å²) in [5.41, 5.74) is 17.3. The van der Waals surface area contributed by atoms with Crippen LogP contribution < -0.4 is 0 Å². The Labute approximate surface area is 571 Å². The fraction of sp³-hybridized carbons (Fsp3) is 0.116. The van der Waals surface area contributed by atoms with Crippen LogP contribution in [0.4, 0.5) is 26.3 Å². The van der Waals surface area contributed by atoms with Crippen LogP contribution in [0.3, 0.4) is 0 Å². The van der Waals surface area contributed by atoms with E-state index in [2.05, 4.69) is 73.2 Å². The summed E-state index contributed by atoms with van der Waals surface area (Å²) in [5.74, 6) is 0. The van der Waals surface area contributed by atoms with Gasteiger partial charge in [-0.15, -0.1) is 0 Å². The first-order valence-electron chi connectivity index (χ1n) is 32.4. The lowest BCUT2D eigenvalue weighted by atomic mass is 9.94. The Balaban J connectivity index is 0.000000162. The molecule has 484 valence electrons. The normalized spacial score (nSPS) is 11.9. The Hall–Kier alpha value is -12.6. The molecule has 12 aromatic carbocycles. The van der Waals surface area contributed by atoms with Crippen molar-refractivity contribution in [3.8, 4) is 69.3 Å². The monoisotopic (exact) mass is 1320 g/mol. The van der Waals surface area contributed by atoms with Crippen LogP contribution in [0.1, 0.15) is 77.9 Å². The maximum atomic E-state index is 14.8. The zero-order valence-corrected chi connectivity index (χ0v) is 55.5. The molecule has 4 heterocycles. The SMILES string of the molecule is Cc1cccc2c1c1c(C)cccc1n2-c1cc(-c2ccc(C#N)cc2C(F)(F)F)cc(-n2c3cccc(C)c3c3c(C)cccc32)c1C#N.Cc1cccc2c1c1c(C)cccc1n2-c1cc(-c2ccc(C(F)(F)F)cc2C#N)cc(-n2c3cccc(C)c3c3c(C)cccc32)c1C#N. The lowest BCUT2D eigenvalue weighted by Gasteiger charge is -2.20. The van der Waals surface area contributed by atoms with Crippen molar-refractivity contribution in [1.29, 1.82) is 21.0 Å². The van der Waals surface area contributed by atoms with E-state index in [1.54, 1.807) is 12.1 Å². The molecule has 14 heteroatoms. The fourth-order valence-electron chi connectivity index (χ4n) is 15.5. The summed E-state index contributed by atoms with van der Waals surface area (Å²) >= 11 is 0. The number of fused-ring (bicyclic) bond motifs is 12. The third-order valence-electron chi connectivity index (χ3n) is 19.9. The molecule has 0 unspecified atom stereocenters. The van der Waals surface area contributed by atoms with Gasteiger partial charge in [0.15, 0.2) is 0 Å². The number of aryl methyl sites for hydroxylation is 8. The van der Waals surface area contributed by atoms with Crippen LogP contribution in [0.25, 0.3) is 132 Å². The summed E-state index contributed by atoms with van der Waals surface area (Å²) in [7, 11) is 0. The standard InChI is InChI=1S/2C43H29F3N4/c1-24-9-5-13-33-39(24)40-25(2)10-6-14-34(40)49(33)37-20-28(31-18-17-30(43(44,45)46)19-29(31)22-47)21-38(32(37)23-48)50-35-15-7-11-26(3)41(35)42-27(4)12-8-16-36(42)50;1-24-9-5-13-33-39(24)40-25(2)10-6-14-34(40)49(33)37-20-29(30-18-17-28(22-47)19-32(30)43(44,45)46)21-38(31(37)23-48)50-35-15-7-11-26(3)41(35)42-27(4)12-8-16-36(42)50/h2*5-21H,1-4H3. The molecule has 0 atom stereocenters. The summed E-state index contributed by atoms with van der Waals surface area (Å²) in [6, 6.07) is 71.2. The smallest absolute Gasteiger partial charge is 0.308 e. The lowest BCUT2D eigenvalue weighted by molar-refractivity contribution is -0.138. The molecule has 0 aliphatic rings. The Kier molecular flexibility index (Phi) is 15.0. The molecule has 16 aromatic rings. The van der Waals surface area contributed by atoms with Gasteiger partial charge >= 0.3 is 12.4 Å². The van der Waals surface area contributed by atoms with Crippen molar-refractivity contribution < 1.29 is 26.3 Å². The molecule has 0 saturated heterocycles. The van der Waals surface area contributed by atoms with Crippen LogP contribution >= 0.6 is 0 Å². The van der Waals surface area contributed by atoms with Gasteiger partial charge < -0.3 is 18.3 Å². The molecule has 8 nitrogen and oxygen atoms in total. The topological polar surface area (TPSA) is 115 Å². The Morgan fingerprint density at radius 3 is 0.790 bits per heavy atom. The summed E-state index contributed by atoms with van der Waals surface area (Å²) in [6.07, 6.45) is -9.35. The maximum Gasteiger partial charge on any atom is 0.417 e. The second kappa shape index (κ2) is 23.6. The van der Waals surface area contributed by atoms with Crippen molar-refractivity contribution in [2.75, 3.05) is 0 Å². The first-order valence-corrected chi connectivity index (χ1v) is 32.4. The zero-order valence-electron chi connectivity index (χ0n) is 55.5. The quantitative estimate of drug-likeness (QED) is 0.154. The van der Waals surface area contributed by atoms with Gasteiger partial charge in [-0.1, -0.05) is 109 Å². The van der Waals surface area contributed by atoms with E-state index < -0.39 is 23.5 Å². The van der Waals surface area contributed by atoms with E-state index in [0.717, 1.165) is 150 Å². The van der Waals surface area contributed by atoms with Crippen molar-refractivity contribution in [3.05, 3.63) is 284 Å². The van der Waals surface area contributed by atoms with Crippen LogP contribution in [0.15, 0.2) is 206 Å². The molecule has 0 radical (unpaired) electrons. The minimum absolute atomic E-state index is 0.0789. The van der Waals surface area contributed by atoms with Crippen LogP contribution in [0, 0.1) is 101 Å². The number of nitriles is 4. The summed E-state index contributed by atoms with van der Waals surface area (Å²) in [4.78, 5) is 0. The molecule has 0 saturated carbocycles. The van der Waals surface area contributed by atoms with Crippen molar-refractivity contribution in [3.63, 3.8) is 0 Å². The number of halogens is 6.